The highest BCUT2D eigenvalue weighted by Crippen LogP contribution is 2.17. The number of piperidine rings is 1. The van der Waals surface area contributed by atoms with E-state index in [1.807, 2.05) is 13.8 Å². The molecule has 0 aromatic heterocycles. The number of nitrogens with zero attached hydrogens (tertiary/aromatic N) is 3. The van der Waals surface area contributed by atoms with Gasteiger partial charge >= 0.3 is 0 Å². The lowest BCUT2D eigenvalue weighted by Gasteiger charge is -2.34. The molecule has 0 saturated carbocycles. The predicted molar refractivity (Wildman–Crippen MR) is 75.4 cm³/mol. The third kappa shape index (κ3) is 4.93. The molecule has 1 unspecified atom stereocenters. The summed E-state index contributed by atoms with van der Waals surface area (Å²) in [7, 11) is 4.32. The molecule has 0 aromatic carbocycles. The summed E-state index contributed by atoms with van der Waals surface area (Å²) in [5.41, 5.74) is -0.422. The summed E-state index contributed by atoms with van der Waals surface area (Å²) in [5, 5.41) is 12.5. The number of likely N-dealkylation sites (tertiary alicyclic amines) is 1. The summed E-state index contributed by atoms with van der Waals surface area (Å²) in [6, 6.07) is 2.39. The molecule has 0 spiro atoms. The minimum Gasteiger partial charge on any atom is -0.306 e. The second kappa shape index (κ2) is 7.08. The number of nitriles is 1. The van der Waals surface area contributed by atoms with E-state index in [0.717, 1.165) is 25.6 Å². The fraction of sp³-hybridized carbons (Fsp3) is 0.929. The molecule has 0 aromatic rings. The van der Waals surface area contributed by atoms with Crippen molar-refractivity contribution in [2.24, 2.45) is 5.92 Å². The van der Waals surface area contributed by atoms with Gasteiger partial charge in [-0.15, -0.1) is 0 Å². The molecule has 1 aliphatic heterocycles. The van der Waals surface area contributed by atoms with E-state index in [0.29, 0.717) is 0 Å². The van der Waals surface area contributed by atoms with Gasteiger partial charge in [-0.1, -0.05) is 6.92 Å². The van der Waals surface area contributed by atoms with Crippen LogP contribution in [0.3, 0.4) is 0 Å². The van der Waals surface area contributed by atoms with Gasteiger partial charge in [0, 0.05) is 13.1 Å². The van der Waals surface area contributed by atoms with Crippen molar-refractivity contribution in [3.8, 4) is 6.07 Å². The van der Waals surface area contributed by atoms with Crippen LogP contribution in [0.25, 0.3) is 0 Å². The number of hydrogen-bond acceptors (Lipinski definition) is 4. The first-order valence-corrected chi connectivity index (χ1v) is 7.02. The van der Waals surface area contributed by atoms with Crippen molar-refractivity contribution in [3.05, 3.63) is 0 Å². The highest BCUT2D eigenvalue weighted by Gasteiger charge is 2.26. The van der Waals surface area contributed by atoms with Gasteiger partial charge in [-0.2, -0.15) is 5.26 Å². The molecule has 1 saturated heterocycles. The molecule has 0 aliphatic carbocycles. The Morgan fingerprint density at radius 1 is 1.44 bits per heavy atom. The lowest BCUT2D eigenvalue weighted by atomic mass is 9.95. The van der Waals surface area contributed by atoms with Crippen molar-refractivity contribution < 1.29 is 0 Å². The van der Waals surface area contributed by atoms with Crippen molar-refractivity contribution in [1.82, 2.24) is 15.1 Å². The third-order valence-corrected chi connectivity index (χ3v) is 3.81. The molecule has 104 valence electrons. The first-order chi connectivity index (χ1) is 8.49. The molecule has 18 heavy (non-hydrogen) atoms. The van der Waals surface area contributed by atoms with Gasteiger partial charge in [0.2, 0.25) is 0 Å². The molecule has 1 aliphatic rings. The maximum absolute atomic E-state index is 9.26. The molecule has 1 atom stereocenters. The SMILES string of the molecule is CCNC(C)(C#N)CN(C)CC1CCN(C)CC1. The second-order valence-corrected chi connectivity index (χ2v) is 5.92. The van der Waals surface area contributed by atoms with Crippen LogP contribution in [0.4, 0.5) is 0 Å². The van der Waals surface area contributed by atoms with E-state index < -0.39 is 5.54 Å². The van der Waals surface area contributed by atoms with Crippen LogP contribution in [0.1, 0.15) is 26.7 Å². The van der Waals surface area contributed by atoms with Gasteiger partial charge in [-0.3, -0.25) is 5.32 Å². The molecule has 0 radical (unpaired) electrons. The Morgan fingerprint density at radius 2 is 2.06 bits per heavy atom. The number of likely N-dealkylation sites (N-methyl/N-ethyl adjacent to an activating group) is 2. The van der Waals surface area contributed by atoms with Crippen LogP contribution in [-0.2, 0) is 0 Å². The van der Waals surface area contributed by atoms with E-state index in [9.17, 15) is 5.26 Å². The van der Waals surface area contributed by atoms with Crippen LogP contribution in [0, 0.1) is 17.2 Å². The summed E-state index contributed by atoms with van der Waals surface area (Å²) < 4.78 is 0. The molecule has 1 heterocycles. The van der Waals surface area contributed by atoms with Crippen molar-refractivity contribution in [1.29, 1.82) is 5.26 Å². The highest BCUT2D eigenvalue weighted by molar-refractivity contribution is 5.05. The molecule has 1 fully saturated rings. The summed E-state index contributed by atoms with van der Waals surface area (Å²) >= 11 is 0. The maximum Gasteiger partial charge on any atom is 0.116 e. The van der Waals surface area contributed by atoms with E-state index in [2.05, 4.69) is 35.3 Å². The smallest absolute Gasteiger partial charge is 0.116 e. The van der Waals surface area contributed by atoms with Gasteiger partial charge < -0.3 is 9.80 Å². The summed E-state index contributed by atoms with van der Waals surface area (Å²) in [6.07, 6.45) is 2.57. The minimum absolute atomic E-state index is 0.422. The zero-order valence-electron chi connectivity index (χ0n) is 12.4. The number of rotatable bonds is 6. The summed E-state index contributed by atoms with van der Waals surface area (Å²) in [6.45, 7) is 9.20. The maximum atomic E-state index is 9.26. The zero-order chi connectivity index (χ0) is 13.6. The van der Waals surface area contributed by atoms with Crippen molar-refractivity contribution in [2.75, 3.05) is 46.8 Å². The second-order valence-electron chi connectivity index (χ2n) is 5.92. The highest BCUT2D eigenvalue weighted by atomic mass is 15.2. The zero-order valence-corrected chi connectivity index (χ0v) is 12.4. The van der Waals surface area contributed by atoms with Gasteiger partial charge in [0.1, 0.15) is 5.54 Å². The molecule has 0 bridgehead atoms. The average Bonchev–Trinajstić information content (AvgIpc) is 2.32. The monoisotopic (exact) mass is 252 g/mol. The molecule has 1 N–H and O–H groups in total. The van der Waals surface area contributed by atoms with E-state index in [4.69, 9.17) is 0 Å². The Labute approximate surface area is 112 Å². The van der Waals surface area contributed by atoms with Gasteiger partial charge in [-0.25, -0.2) is 0 Å². The first-order valence-electron chi connectivity index (χ1n) is 7.02. The van der Waals surface area contributed by atoms with Crippen LogP contribution in [0.2, 0.25) is 0 Å². The molecular formula is C14H28N4. The number of nitrogens with one attached hydrogen (secondary N) is 1. The molecule has 4 heteroatoms. The van der Waals surface area contributed by atoms with Crippen LogP contribution in [0.15, 0.2) is 0 Å². The van der Waals surface area contributed by atoms with Crippen molar-refractivity contribution in [3.63, 3.8) is 0 Å². The Hall–Kier alpha value is -0.630. The van der Waals surface area contributed by atoms with E-state index in [1.165, 1.54) is 25.9 Å². The normalized spacial score (nSPS) is 21.8. The Morgan fingerprint density at radius 3 is 2.56 bits per heavy atom. The van der Waals surface area contributed by atoms with E-state index in [1.54, 1.807) is 0 Å². The van der Waals surface area contributed by atoms with Crippen LogP contribution in [0.5, 0.6) is 0 Å². The first kappa shape index (κ1) is 15.4. The fourth-order valence-corrected chi connectivity index (χ4v) is 2.81. The van der Waals surface area contributed by atoms with Crippen LogP contribution in [-0.4, -0.2) is 62.2 Å². The fourth-order valence-electron chi connectivity index (χ4n) is 2.81. The van der Waals surface area contributed by atoms with E-state index >= 15 is 0 Å². The standard InChI is InChI=1S/C14H28N4/c1-5-16-14(2,11-15)12-18(4)10-13-6-8-17(3)9-7-13/h13,16H,5-10,12H2,1-4H3. The van der Waals surface area contributed by atoms with Crippen LogP contribution >= 0.6 is 0 Å². The average molecular weight is 252 g/mol. The lowest BCUT2D eigenvalue weighted by Crippen LogP contribution is -2.50. The minimum atomic E-state index is -0.422. The van der Waals surface area contributed by atoms with Gasteiger partial charge in [-0.05, 0) is 59.4 Å². The van der Waals surface area contributed by atoms with Gasteiger partial charge in [0.05, 0.1) is 6.07 Å². The summed E-state index contributed by atoms with van der Waals surface area (Å²) in [5.74, 6) is 0.788. The molecular weight excluding hydrogens is 224 g/mol. The quantitative estimate of drug-likeness (QED) is 0.770. The Kier molecular flexibility index (Phi) is 6.07. The van der Waals surface area contributed by atoms with E-state index in [-0.39, 0.29) is 0 Å². The molecule has 1 rings (SSSR count). The summed E-state index contributed by atoms with van der Waals surface area (Å²) in [4.78, 5) is 4.70. The Bertz CT molecular complexity index is 278. The van der Waals surface area contributed by atoms with Crippen molar-refractivity contribution >= 4 is 0 Å². The van der Waals surface area contributed by atoms with Gasteiger partial charge in [0.15, 0.2) is 0 Å². The lowest BCUT2D eigenvalue weighted by molar-refractivity contribution is 0.163. The third-order valence-electron chi connectivity index (χ3n) is 3.81. The van der Waals surface area contributed by atoms with Gasteiger partial charge in [0.25, 0.3) is 0 Å². The topological polar surface area (TPSA) is 42.3 Å². The molecule has 0 amide bonds. The predicted octanol–water partition coefficient (Wildman–Crippen LogP) is 1.15. The largest absolute Gasteiger partial charge is 0.306 e. The van der Waals surface area contributed by atoms with Crippen molar-refractivity contribution in [2.45, 2.75) is 32.2 Å². The number of hydrogen-bond donors (Lipinski definition) is 1. The molecule has 4 nitrogen and oxygen atoms in total. The Balaban J connectivity index is 2.36. The van der Waals surface area contributed by atoms with Crippen LogP contribution < -0.4 is 5.32 Å².